The van der Waals surface area contributed by atoms with Crippen LogP contribution in [-0.2, 0) is 6.54 Å². The van der Waals surface area contributed by atoms with Gasteiger partial charge in [-0.3, -0.25) is 4.68 Å². The van der Waals surface area contributed by atoms with Gasteiger partial charge in [-0.15, -0.1) is 0 Å². The van der Waals surface area contributed by atoms with E-state index in [-0.39, 0.29) is 16.5 Å². The van der Waals surface area contributed by atoms with E-state index < -0.39 is 18.5 Å². The molecular formula is C16H12ClF4N3. The SMILES string of the molecule is Fc1c(Cl)ccc2cc(C3CC3)n(-c3cnn(CC(F)(F)F)c3)c12. The van der Waals surface area contributed by atoms with Crippen molar-refractivity contribution in [2.24, 2.45) is 0 Å². The van der Waals surface area contributed by atoms with Crippen LogP contribution in [0.25, 0.3) is 16.6 Å². The summed E-state index contributed by atoms with van der Waals surface area (Å²) in [5, 5.41) is 4.41. The minimum absolute atomic E-state index is 0.0214. The summed E-state index contributed by atoms with van der Waals surface area (Å²) in [6, 6.07) is 5.06. The second-order valence-corrected chi connectivity index (χ2v) is 6.40. The van der Waals surface area contributed by atoms with Crippen LogP contribution in [0.2, 0.25) is 5.02 Å². The molecule has 0 amide bonds. The van der Waals surface area contributed by atoms with Crippen molar-refractivity contribution in [3.8, 4) is 5.69 Å². The number of hydrogen-bond donors (Lipinski definition) is 0. The van der Waals surface area contributed by atoms with Gasteiger partial charge in [0.1, 0.15) is 6.54 Å². The number of benzene rings is 1. The first kappa shape index (κ1) is 15.5. The number of nitrogens with zero attached hydrogens (tertiary/aromatic N) is 3. The number of rotatable bonds is 3. The van der Waals surface area contributed by atoms with E-state index in [0.717, 1.165) is 23.2 Å². The summed E-state index contributed by atoms with van der Waals surface area (Å²) >= 11 is 5.89. The molecule has 0 saturated heterocycles. The van der Waals surface area contributed by atoms with Crippen molar-refractivity contribution in [1.82, 2.24) is 14.3 Å². The summed E-state index contributed by atoms with van der Waals surface area (Å²) in [5.41, 5.74) is 1.55. The molecule has 1 saturated carbocycles. The number of halogens is 5. The Hall–Kier alpha value is -2.02. The third kappa shape index (κ3) is 2.66. The summed E-state index contributed by atoms with van der Waals surface area (Å²) in [5.74, 6) is -0.300. The van der Waals surface area contributed by atoms with Crippen molar-refractivity contribution in [2.75, 3.05) is 0 Å². The maximum absolute atomic E-state index is 14.6. The molecule has 1 fully saturated rings. The van der Waals surface area contributed by atoms with E-state index in [9.17, 15) is 17.6 Å². The van der Waals surface area contributed by atoms with Gasteiger partial charge in [0.05, 0.1) is 22.4 Å². The number of alkyl halides is 3. The minimum Gasteiger partial charge on any atom is -0.308 e. The molecular weight excluding hydrogens is 346 g/mol. The number of aromatic nitrogens is 3. The summed E-state index contributed by atoms with van der Waals surface area (Å²) in [6.07, 6.45) is 0.178. The fourth-order valence-corrected chi connectivity index (χ4v) is 3.10. The predicted molar refractivity (Wildman–Crippen MR) is 82.1 cm³/mol. The first-order valence-electron chi connectivity index (χ1n) is 7.42. The molecule has 3 aromatic rings. The molecule has 24 heavy (non-hydrogen) atoms. The van der Waals surface area contributed by atoms with E-state index in [1.54, 1.807) is 10.6 Å². The monoisotopic (exact) mass is 357 g/mol. The van der Waals surface area contributed by atoms with Gasteiger partial charge in [0, 0.05) is 17.3 Å². The Morgan fingerprint density at radius 3 is 2.67 bits per heavy atom. The highest BCUT2D eigenvalue weighted by Crippen LogP contribution is 2.44. The normalized spacial score (nSPS) is 15.4. The zero-order chi connectivity index (χ0) is 17.1. The lowest BCUT2D eigenvalue weighted by Crippen LogP contribution is -2.17. The summed E-state index contributed by atoms with van der Waals surface area (Å²) in [7, 11) is 0. The Morgan fingerprint density at radius 1 is 1.25 bits per heavy atom. The molecule has 4 rings (SSSR count). The van der Waals surface area contributed by atoms with Crippen LogP contribution in [0.4, 0.5) is 17.6 Å². The van der Waals surface area contributed by atoms with Crippen molar-refractivity contribution in [3.05, 3.63) is 47.1 Å². The van der Waals surface area contributed by atoms with Gasteiger partial charge in [0.15, 0.2) is 5.82 Å². The second kappa shape index (κ2) is 5.24. The van der Waals surface area contributed by atoms with Crippen LogP contribution in [0.1, 0.15) is 24.5 Å². The van der Waals surface area contributed by atoms with E-state index >= 15 is 0 Å². The Morgan fingerprint density at radius 2 is 2.00 bits per heavy atom. The lowest BCUT2D eigenvalue weighted by atomic mass is 10.2. The molecule has 126 valence electrons. The van der Waals surface area contributed by atoms with E-state index in [4.69, 9.17) is 11.6 Å². The molecule has 1 aliphatic rings. The van der Waals surface area contributed by atoms with Crippen LogP contribution < -0.4 is 0 Å². The molecule has 8 heteroatoms. The van der Waals surface area contributed by atoms with E-state index in [2.05, 4.69) is 5.10 Å². The third-order valence-corrected chi connectivity index (χ3v) is 4.39. The van der Waals surface area contributed by atoms with Crippen LogP contribution in [0.3, 0.4) is 0 Å². The topological polar surface area (TPSA) is 22.8 Å². The molecule has 0 unspecified atom stereocenters. The number of hydrogen-bond acceptors (Lipinski definition) is 1. The van der Waals surface area contributed by atoms with Crippen molar-refractivity contribution >= 4 is 22.5 Å². The average Bonchev–Trinajstić information content (AvgIpc) is 3.12. The van der Waals surface area contributed by atoms with Gasteiger partial charge in [0.25, 0.3) is 0 Å². The van der Waals surface area contributed by atoms with E-state index in [1.807, 2.05) is 6.07 Å². The highest BCUT2D eigenvalue weighted by atomic mass is 35.5. The Bertz CT molecular complexity index is 921. The van der Waals surface area contributed by atoms with Crippen molar-refractivity contribution < 1.29 is 17.6 Å². The fraction of sp³-hybridized carbons (Fsp3) is 0.312. The van der Waals surface area contributed by atoms with Gasteiger partial charge in [-0.2, -0.15) is 18.3 Å². The Labute approximate surface area is 139 Å². The molecule has 2 heterocycles. The van der Waals surface area contributed by atoms with Crippen molar-refractivity contribution in [1.29, 1.82) is 0 Å². The van der Waals surface area contributed by atoms with Crippen molar-refractivity contribution in [3.63, 3.8) is 0 Å². The molecule has 0 N–H and O–H groups in total. The molecule has 0 radical (unpaired) electrons. The molecule has 0 atom stereocenters. The first-order chi connectivity index (χ1) is 11.3. The zero-order valence-corrected chi connectivity index (χ0v) is 13.1. The van der Waals surface area contributed by atoms with Gasteiger partial charge in [-0.25, -0.2) is 4.39 Å². The van der Waals surface area contributed by atoms with E-state index in [0.29, 0.717) is 11.1 Å². The lowest BCUT2D eigenvalue weighted by molar-refractivity contribution is -0.142. The van der Waals surface area contributed by atoms with Crippen LogP contribution in [-0.4, -0.2) is 20.5 Å². The largest absolute Gasteiger partial charge is 0.408 e. The molecule has 0 aliphatic heterocycles. The molecule has 0 bridgehead atoms. The lowest BCUT2D eigenvalue weighted by Gasteiger charge is -2.09. The second-order valence-electron chi connectivity index (χ2n) is 5.99. The highest BCUT2D eigenvalue weighted by molar-refractivity contribution is 6.31. The predicted octanol–water partition coefficient (Wildman–Crippen LogP) is 5.06. The quantitative estimate of drug-likeness (QED) is 0.601. The third-order valence-electron chi connectivity index (χ3n) is 4.10. The van der Waals surface area contributed by atoms with Crippen LogP contribution in [0.5, 0.6) is 0 Å². The van der Waals surface area contributed by atoms with Gasteiger partial charge >= 0.3 is 6.18 Å². The van der Waals surface area contributed by atoms with Gasteiger partial charge in [-0.1, -0.05) is 17.7 Å². The van der Waals surface area contributed by atoms with E-state index in [1.165, 1.54) is 18.5 Å². The summed E-state index contributed by atoms with van der Waals surface area (Å²) in [6.45, 7) is -1.19. The maximum Gasteiger partial charge on any atom is 0.408 e. The van der Waals surface area contributed by atoms with Crippen LogP contribution in [0.15, 0.2) is 30.6 Å². The van der Waals surface area contributed by atoms with Crippen LogP contribution in [0, 0.1) is 5.82 Å². The minimum atomic E-state index is -4.37. The smallest absolute Gasteiger partial charge is 0.308 e. The fourth-order valence-electron chi connectivity index (χ4n) is 2.95. The molecule has 0 spiro atoms. The Balaban J connectivity index is 1.89. The molecule has 2 aromatic heterocycles. The summed E-state index contributed by atoms with van der Waals surface area (Å²) in [4.78, 5) is 0. The summed E-state index contributed by atoms with van der Waals surface area (Å²) < 4.78 is 54.6. The molecule has 1 aliphatic carbocycles. The van der Waals surface area contributed by atoms with Gasteiger partial charge in [-0.05, 0) is 30.9 Å². The highest BCUT2D eigenvalue weighted by Gasteiger charge is 2.31. The Kier molecular flexibility index (Phi) is 3.38. The number of fused-ring (bicyclic) bond motifs is 1. The van der Waals surface area contributed by atoms with Gasteiger partial charge in [0.2, 0.25) is 0 Å². The molecule has 3 nitrogen and oxygen atoms in total. The average molecular weight is 358 g/mol. The first-order valence-corrected chi connectivity index (χ1v) is 7.80. The zero-order valence-electron chi connectivity index (χ0n) is 12.3. The van der Waals surface area contributed by atoms with Crippen LogP contribution >= 0.6 is 11.6 Å². The van der Waals surface area contributed by atoms with Gasteiger partial charge < -0.3 is 4.57 Å². The standard InChI is InChI=1S/C16H12ClF4N3/c17-12-4-3-10-5-13(9-1-2-9)24(15(10)14(12)18)11-6-22-23(7-11)8-16(19,20)21/h3-7,9H,1-2,8H2. The maximum atomic E-state index is 14.6. The van der Waals surface area contributed by atoms with Crippen molar-refractivity contribution in [2.45, 2.75) is 31.5 Å². The molecule has 1 aromatic carbocycles.